The molecular formula is C31H53ClO14S2. The highest BCUT2D eigenvalue weighted by Gasteiger charge is 2.14. The molecule has 48 heavy (non-hydrogen) atoms. The van der Waals surface area contributed by atoms with E-state index < -0.39 is 19.2 Å². The number of ether oxygens (including phenoxy) is 6. The van der Waals surface area contributed by atoms with E-state index in [4.69, 9.17) is 58.6 Å². The Morgan fingerprint density at radius 1 is 0.479 bits per heavy atom. The summed E-state index contributed by atoms with van der Waals surface area (Å²) < 4.78 is 80.5. The van der Waals surface area contributed by atoms with Crippen molar-refractivity contribution in [1.82, 2.24) is 0 Å². The first-order chi connectivity index (χ1) is 22.5. The van der Waals surface area contributed by atoms with Gasteiger partial charge in [-0.05, 0) is 38.1 Å². The molecule has 0 spiro atoms. The summed E-state index contributed by atoms with van der Waals surface area (Å²) in [5.74, 6) is 0. The van der Waals surface area contributed by atoms with Crippen molar-refractivity contribution in [2.75, 3.05) is 106 Å². The quantitative estimate of drug-likeness (QED) is 0.0805. The van der Waals surface area contributed by atoms with Crippen molar-refractivity contribution >= 4 is 29.9 Å². The predicted molar refractivity (Wildman–Crippen MR) is 181 cm³/mol. The highest BCUT2D eigenvalue weighted by atomic mass is 35.7. The third-order valence-electron chi connectivity index (χ3n) is 5.27. The van der Waals surface area contributed by atoms with Crippen LogP contribution in [-0.4, -0.2) is 138 Å². The number of hydrogen-bond acceptors (Lipinski definition) is 14. The monoisotopic (exact) mass is 748 g/mol. The van der Waals surface area contributed by atoms with Crippen LogP contribution in [-0.2, 0) is 51.8 Å². The van der Waals surface area contributed by atoms with Gasteiger partial charge in [0.15, 0.2) is 0 Å². The van der Waals surface area contributed by atoms with E-state index in [2.05, 4.69) is 0 Å². The summed E-state index contributed by atoms with van der Waals surface area (Å²) in [5, 5.41) is 25.2. The van der Waals surface area contributed by atoms with Crippen LogP contribution in [0.2, 0.25) is 0 Å². The van der Waals surface area contributed by atoms with Crippen LogP contribution in [0.3, 0.4) is 0 Å². The Kier molecular flexibility index (Phi) is 31.5. The Hall–Kier alpha value is -1.77. The van der Waals surface area contributed by atoms with E-state index in [-0.39, 0.29) is 50.3 Å². The summed E-state index contributed by atoms with van der Waals surface area (Å²) in [6.07, 6.45) is 0. The van der Waals surface area contributed by atoms with Crippen molar-refractivity contribution in [1.29, 1.82) is 0 Å². The molecule has 0 amide bonds. The summed E-state index contributed by atoms with van der Waals surface area (Å²) in [6.45, 7) is 8.49. The Labute approximate surface area is 290 Å². The van der Waals surface area contributed by atoms with Crippen LogP contribution in [0.25, 0.3) is 0 Å². The zero-order chi connectivity index (χ0) is 35.2. The molecule has 280 valence electrons. The van der Waals surface area contributed by atoms with E-state index in [1.54, 1.807) is 24.3 Å². The van der Waals surface area contributed by atoms with Crippen LogP contribution in [0.5, 0.6) is 0 Å². The standard InChI is InChI=1S/C15H24O7S.C8H18O5.C7H7ClO2S.CH4/c1-14-2-4-15(5-3-14)23(17,18)22-13-12-21-11-10-20-9-8-19-7-6-16;9-1-3-11-5-7-13-8-6-12-4-2-10;1-6-2-4-7(5-3-6)11(8,9)10;/h2-5,16H,6-13H2,1H3;9-10H,1-8H2;2-5H,1H3;1H4. The van der Waals surface area contributed by atoms with Gasteiger partial charge in [-0.3, -0.25) is 4.18 Å². The Bertz CT molecular complexity index is 1200. The largest absolute Gasteiger partial charge is 0.394 e. The van der Waals surface area contributed by atoms with Crippen LogP contribution in [0.15, 0.2) is 58.3 Å². The highest BCUT2D eigenvalue weighted by Crippen LogP contribution is 2.14. The normalized spacial score (nSPS) is 11.1. The van der Waals surface area contributed by atoms with E-state index in [9.17, 15) is 16.8 Å². The van der Waals surface area contributed by atoms with Crippen molar-refractivity contribution in [3.63, 3.8) is 0 Å². The number of aliphatic hydroxyl groups excluding tert-OH is 3. The van der Waals surface area contributed by atoms with Crippen molar-refractivity contribution in [3.05, 3.63) is 59.7 Å². The lowest BCUT2D eigenvalue weighted by molar-refractivity contribution is 0.00230. The lowest BCUT2D eigenvalue weighted by Crippen LogP contribution is -2.14. The average molecular weight is 749 g/mol. The van der Waals surface area contributed by atoms with Gasteiger partial charge in [-0.2, -0.15) is 8.42 Å². The summed E-state index contributed by atoms with van der Waals surface area (Å²) >= 11 is 0. The average Bonchev–Trinajstić information content (AvgIpc) is 3.03. The van der Waals surface area contributed by atoms with Gasteiger partial charge in [-0.1, -0.05) is 42.8 Å². The van der Waals surface area contributed by atoms with E-state index in [1.807, 2.05) is 13.8 Å². The molecule has 2 aromatic rings. The number of aliphatic hydroxyl groups is 3. The number of aryl methyl sites for hydroxylation is 2. The van der Waals surface area contributed by atoms with Crippen molar-refractivity contribution in [3.8, 4) is 0 Å². The zero-order valence-electron chi connectivity index (χ0n) is 27.0. The summed E-state index contributed by atoms with van der Waals surface area (Å²) in [6, 6.07) is 12.8. The molecule has 0 atom stereocenters. The van der Waals surface area contributed by atoms with E-state index in [0.717, 1.165) is 11.1 Å². The number of benzene rings is 2. The SMILES string of the molecule is C.Cc1ccc(S(=O)(=O)Cl)cc1.Cc1ccc(S(=O)(=O)OCCOCCOCCOCCO)cc1.OCCOCCOCCOCCO. The maximum absolute atomic E-state index is 11.9. The fourth-order valence-corrected chi connectivity index (χ4v) is 4.62. The number of hydrogen-bond donors (Lipinski definition) is 3. The third-order valence-corrected chi connectivity index (χ3v) is 7.97. The highest BCUT2D eigenvalue weighted by molar-refractivity contribution is 8.13. The maximum atomic E-state index is 11.9. The van der Waals surface area contributed by atoms with E-state index in [1.165, 1.54) is 24.3 Å². The van der Waals surface area contributed by atoms with Crippen molar-refractivity contribution < 1.29 is 64.8 Å². The van der Waals surface area contributed by atoms with Gasteiger partial charge >= 0.3 is 0 Å². The van der Waals surface area contributed by atoms with Gasteiger partial charge in [0.25, 0.3) is 19.2 Å². The number of rotatable bonds is 24. The first-order valence-corrected chi connectivity index (χ1v) is 18.5. The van der Waals surface area contributed by atoms with Crippen LogP contribution < -0.4 is 0 Å². The molecule has 0 aliphatic heterocycles. The van der Waals surface area contributed by atoms with Gasteiger partial charge in [0.05, 0.1) is 116 Å². The van der Waals surface area contributed by atoms with Gasteiger partial charge in [0.1, 0.15) is 0 Å². The lowest BCUT2D eigenvalue weighted by atomic mass is 10.2. The molecule has 0 radical (unpaired) electrons. The van der Waals surface area contributed by atoms with Gasteiger partial charge in [0, 0.05) is 10.7 Å². The van der Waals surface area contributed by atoms with Crippen molar-refractivity contribution in [2.45, 2.75) is 31.1 Å². The second kappa shape index (κ2) is 31.2. The minimum atomic E-state index is -3.74. The van der Waals surface area contributed by atoms with Gasteiger partial charge in [0.2, 0.25) is 0 Å². The fraction of sp³-hybridized carbons (Fsp3) is 0.613. The molecule has 0 aliphatic carbocycles. The summed E-state index contributed by atoms with van der Waals surface area (Å²) in [7, 11) is -2.20. The van der Waals surface area contributed by atoms with Crippen LogP contribution in [0, 0.1) is 13.8 Å². The zero-order valence-corrected chi connectivity index (χ0v) is 29.3. The molecule has 17 heteroatoms. The molecule has 0 aliphatic rings. The van der Waals surface area contributed by atoms with Crippen LogP contribution in [0.1, 0.15) is 18.6 Å². The Morgan fingerprint density at radius 2 is 0.750 bits per heavy atom. The first-order valence-electron chi connectivity index (χ1n) is 14.7. The Morgan fingerprint density at radius 3 is 1.04 bits per heavy atom. The smallest absolute Gasteiger partial charge is 0.297 e. The fourth-order valence-electron chi connectivity index (χ4n) is 2.95. The predicted octanol–water partition coefficient (Wildman–Crippen LogP) is 2.32. The topological polar surface area (TPSA) is 194 Å². The lowest BCUT2D eigenvalue weighted by Gasteiger charge is -2.08. The minimum Gasteiger partial charge on any atom is -0.394 e. The summed E-state index contributed by atoms with van der Waals surface area (Å²) in [5.41, 5.74) is 1.99. The molecule has 0 aromatic heterocycles. The minimum absolute atomic E-state index is 0. The second-order valence-corrected chi connectivity index (χ2v) is 13.4. The Balaban J connectivity index is 0. The van der Waals surface area contributed by atoms with Gasteiger partial charge in [-0.15, -0.1) is 0 Å². The molecule has 0 bridgehead atoms. The van der Waals surface area contributed by atoms with Crippen LogP contribution >= 0.6 is 10.7 Å². The molecule has 14 nitrogen and oxygen atoms in total. The van der Waals surface area contributed by atoms with Gasteiger partial charge in [-0.25, -0.2) is 8.42 Å². The molecule has 0 fully saturated rings. The molecule has 3 N–H and O–H groups in total. The van der Waals surface area contributed by atoms with E-state index in [0.29, 0.717) is 72.7 Å². The second-order valence-electron chi connectivity index (χ2n) is 9.19. The molecule has 2 rings (SSSR count). The van der Waals surface area contributed by atoms with Crippen molar-refractivity contribution in [2.24, 2.45) is 0 Å². The molecule has 0 heterocycles. The molecule has 0 saturated heterocycles. The molecular weight excluding hydrogens is 696 g/mol. The third kappa shape index (κ3) is 28.1. The molecule has 0 unspecified atom stereocenters. The molecule has 0 saturated carbocycles. The first kappa shape index (κ1) is 48.3. The van der Waals surface area contributed by atoms with E-state index >= 15 is 0 Å². The molecule has 2 aromatic carbocycles. The van der Waals surface area contributed by atoms with Crippen LogP contribution in [0.4, 0.5) is 0 Å². The maximum Gasteiger partial charge on any atom is 0.297 e. The summed E-state index contributed by atoms with van der Waals surface area (Å²) in [4.78, 5) is 0.277. The number of halogens is 1. The van der Waals surface area contributed by atoms with Gasteiger partial charge < -0.3 is 43.7 Å².